The number of ether oxygens (including phenoxy) is 3. The first kappa shape index (κ1) is 34.0. The van der Waals surface area contributed by atoms with Gasteiger partial charge in [0.05, 0.1) is 39.2 Å². The van der Waals surface area contributed by atoms with Crippen LogP contribution < -0.4 is 25.0 Å². The topological polar surface area (TPSA) is 138 Å². The molecule has 13 nitrogen and oxygen atoms in total. The van der Waals surface area contributed by atoms with Crippen LogP contribution in [0.5, 0.6) is 11.5 Å². The van der Waals surface area contributed by atoms with E-state index in [1.54, 1.807) is 11.0 Å². The Morgan fingerprint density at radius 2 is 1.73 bits per heavy atom. The van der Waals surface area contributed by atoms with Crippen molar-refractivity contribution in [3.05, 3.63) is 53.8 Å². The van der Waals surface area contributed by atoms with Crippen LogP contribution in [0.4, 0.5) is 22.1 Å². The third-order valence-electron chi connectivity index (χ3n) is 7.70. The highest BCUT2D eigenvalue weighted by molar-refractivity contribution is 6.41. The van der Waals surface area contributed by atoms with E-state index < -0.39 is 6.03 Å². The number of hydrogen-bond donors (Lipinski definition) is 2. The molecule has 2 aliphatic rings. The minimum atomic E-state index is -0.558. The second kappa shape index (κ2) is 15.9. The van der Waals surface area contributed by atoms with Gasteiger partial charge in [-0.25, -0.2) is 14.8 Å². The highest BCUT2D eigenvalue weighted by Gasteiger charge is 2.31. The third kappa shape index (κ3) is 8.42. The number of piperazine rings is 1. The number of halogens is 2. The molecule has 0 radical (unpaired) electrons. The number of amides is 3. The van der Waals surface area contributed by atoms with E-state index in [0.717, 1.165) is 0 Å². The number of carbonyl (C=O) groups excluding carboxylic acids is 3. The van der Waals surface area contributed by atoms with Crippen LogP contribution in [-0.2, 0) is 14.3 Å². The van der Waals surface area contributed by atoms with Crippen molar-refractivity contribution in [2.24, 2.45) is 5.92 Å². The van der Waals surface area contributed by atoms with Gasteiger partial charge in [0.2, 0.25) is 5.91 Å². The minimum absolute atomic E-state index is 0.0627. The number of anilines is 3. The first-order valence-electron chi connectivity index (χ1n) is 14.3. The SMILES string of the molecule is C=CC(=O)CC1COCC1Nc1cc(N(CCN2CCN(C(=O)C=C)CC2)C(=O)Nc2c(Cl)c(OC)cc(OC)c2Cl)ncn1. The number of nitrogens with one attached hydrogen (secondary N) is 2. The van der Waals surface area contributed by atoms with Crippen molar-refractivity contribution < 1.29 is 28.6 Å². The summed E-state index contributed by atoms with van der Waals surface area (Å²) in [6.45, 7) is 11.0. The van der Waals surface area contributed by atoms with Gasteiger partial charge in [0.1, 0.15) is 39.5 Å². The van der Waals surface area contributed by atoms with E-state index in [9.17, 15) is 14.4 Å². The summed E-state index contributed by atoms with van der Waals surface area (Å²) >= 11 is 13.1. The Bertz CT molecular complexity index is 1390. The van der Waals surface area contributed by atoms with E-state index in [2.05, 4.69) is 38.7 Å². The second-order valence-electron chi connectivity index (χ2n) is 10.4. The maximum absolute atomic E-state index is 13.9. The Morgan fingerprint density at radius 3 is 2.36 bits per heavy atom. The molecule has 0 saturated carbocycles. The number of benzene rings is 1. The summed E-state index contributed by atoms with van der Waals surface area (Å²) in [5, 5.41) is 6.34. The van der Waals surface area contributed by atoms with Crippen molar-refractivity contribution in [3.8, 4) is 11.5 Å². The van der Waals surface area contributed by atoms with E-state index in [1.807, 2.05) is 0 Å². The zero-order valence-corrected chi connectivity index (χ0v) is 26.8. The summed E-state index contributed by atoms with van der Waals surface area (Å²) in [6.07, 6.45) is 4.27. The molecule has 0 aliphatic carbocycles. The normalized spacial score (nSPS) is 18.2. The number of carbonyl (C=O) groups is 3. The number of hydrogen-bond acceptors (Lipinski definition) is 10. The average Bonchev–Trinajstić information content (AvgIpc) is 3.49. The van der Waals surface area contributed by atoms with Crippen molar-refractivity contribution in [3.63, 3.8) is 0 Å². The van der Waals surface area contributed by atoms with Gasteiger partial charge in [-0.2, -0.15) is 0 Å². The summed E-state index contributed by atoms with van der Waals surface area (Å²) in [4.78, 5) is 52.0. The Morgan fingerprint density at radius 1 is 1.04 bits per heavy atom. The lowest BCUT2D eigenvalue weighted by molar-refractivity contribution is -0.127. The van der Waals surface area contributed by atoms with E-state index in [1.165, 1.54) is 43.7 Å². The quantitative estimate of drug-likeness (QED) is 0.305. The summed E-state index contributed by atoms with van der Waals surface area (Å²) in [5.74, 6) is 1.07. The molecule has 2 aromatic rings. The first-order valence-corrected chi connectivity index (χ1v) is 15.1. The molecule has 2 saturated heterocycles. The zero-order valence-electron chi connectivity index (χ0n) is 25.3. The minimum Gasteiger partial charge on any atom is -0.495 e. The van der Waals surface area contributed by atoms with Gasteiger partial charge in [-0.1, -0.05) is 36.4 Å². The average molecular weight is 663 g/mol. The Labute approximate surface area is 272 Å². The zero-order chi connectivity index (χ0) is 32.5. The van der Waals surface area contributed by atoms with E-state index in [-0.39, 0.29) is 57.4 Å². The highest BCUT2D eigenvalue weighted by atomic mass is 35.5. The van der Waals surface area contributed by atoms with Gasteiger partial charge in [-0.3, -0.25) is 19.4 Å². The molecular weight excluding hydrogens is 625 g/mol. The largest absolute Gasteiger partial charge is 0.495 e. The summed E-state index contributed by atoms with van der Waals surface area (Å²) in [6, 6.07) is 2.45. The molecule has 1 aromatic carbocycles. The molecule has 1 aromatic heterocycles. The van der Waals surface area contributed by atoms with Gasteiger partial charge in [-0.05, 0) is 12.2 Å². The van der Waals surface area contributed by atoms with Crippen LogP contribution in [0.15, 0.2) is 43.8 Å². The third-order valence-corrected chi connectivity index (χ3v) is 8.45. The Hall–Kier alpha value is -3.91. The van der Waals surface area contributed by atoms with Crippen molar-refractivity contribution in [2.45, 2.75) is 12.5 Å². The molecule has 242 valence electrons. The van der Waals surface area contributed by atoms with E-state index in [0.29, 0.717) is 64.0 Å². The number of allylic oxidation sites excluding steroid dienone is 1. The lowest BCUT2D eigenvalue weighted by Crippen LogP contribution is -2.50. The molecule has 3 heterocycles. The maximum Gasteiger partial charge on any atom is 0.327 e. The molecule has 2 unspecified atom stereocenters. The van der Waals surface area contributed by atoms with Crippen LogP contribution in [0.3, 0.4) is 0 Å². The standard InChI is InChI=1S/C30H37Cl2N7O6/c1-5-20(40)13-19-16-45-17-21(19)35-24-15-25(34-18-33-24)39(12-9-37-7-10-38(11-8-37)26(41)6-2)30(42)36-29-27(31)22(43-3)14-23(44-4)28(29)32/h5-6,14-15,18-19,21H,1-2,7-13,16-17H2,3-4H3,(H,36,42)(H,33,34,35). The molecule has 2 N–H and O–H groups in total. The molecule has 2 aliphatic heterocycles. The van der Waals surface area contributed by atoms with Gasteiger partial charge in [0.25, 0.3) is 0 Å². The second-order valence-corrected chi connectivity index (χ2v) is 11.2. The van der Waals surface area contributed by atoms with Gasteiger partial charge < -0.3 is 29.7 Å². The fourth-order valence-electron chi connectivity index (χ4n) is 5.12. The molecule has 2 fully saturated rings. The summed E-state index contributed by atoms with van der Waals surface area (Å²) < 4.78 is 16.3. The smallest absolute Gasteiger partial charge is 0.327 e. The van der Waals surface area contributed by atoms with Gasteiger partial charge in [0.15, 0.2) is 5.78 Å². The van der Waals surface area contributed by atoms with Crippen molar-refractivity contribution in [1.29, 1.82) is 0 Å². The van der Waals surface area contributed by atoms with Crippen LogP contribution in [0.2, 0.25) is 10.0 Å². The van der Waals surface area contributed by atoms with Crippen LogP contribution in [0, 0.1) is 5.92 Å². The Kier molecular flexibility index (Phi) is 12.0. The molecule has 0 spiro atoms. The summed E-state index contributed by atoms with van der Waals surface area (Å²) in [5.41, 5.74) is 0.117. The molecular formula is C30H37Cl2N7O6. The van der Waals surface area contributed by atoms with Crippen molar-refractivity contribution in [1.82, 2.24) is 19.8 Å². The predicted octanol–water partition coefficient (Wildman–Crippen LogP) is 3.74. The van der Waals surface area contributed by atoms with Crippen LogP contribution in [0.1, 0.15) is 6.42 Å². The molecule has 0 bridgehead atoms. The number of urea groups is 1. The monoisotopic (exact) mass is 661 g/mol. The predicted molar refractivity (Wildman–Crippen MR) is 173 cm³/mol. The molecule has 45 heavy (non-hydrogen) atoms. The van der Waals surface area contributed by atoms with Gasteiger partial charge in [-0.15, -0.1) is 0 Å². The first-order chi connectivity index (χ1) is 21.7. The maximum atomic E-state index is 13.9. The Balaban J connectivity index is 1.57. The molecule has 3 amide bonds. The molecule has 2 atom stereocenters. The number of methoxy groups -OCH3 is 2. The lowest BCUT2D eigenvalue weighted by atomic mass is 9.97. The van der Waals surface area contributed by atoms with Crippen molar-refractivity contribution in [2.75, 3.05) is 82.2 Å². The number of nitrogens with zero attached hydrogens (tertiary/aromatic N) is 5. The lowest BCUT2D eigenvalue weighted by Gasteiger charge is -2.35. The van der Waals surface area contributed by atoms with Gasteiger partial charge >= 0.3 is 6.03 Å². The molecule has 4 rings (SSSR count). The summed E-state index contributed by atoms with van der Waals surface area (Å²) in [7, 11) is 2.88. The number of aromatic nitrogens is 2. The van der Waals surface area contributed by atoms with Gasteiger partial charge in [0, 0.05) is 63.7 Å². The molecule has 15 heteroatoms. The highest BCUT2D eigenvalue weighted by Crippen LogP contribution is 2.44. The van der Waals surface area contributed by atoms with E-state index >= 15 is 0 Å². The van der Waals surface area contributed by atoms with Crippen LogP contribution in [-0.4, -0.2) is 110 Å². The van der Waals surface area contributed by atoms with E-state index in [4.69, 9.17) is 37.4 Å². The van der Waals surface area contributed by atoms with Crippen LogP contribution >= 0.6 is 23.2 Å². The number of rotatable bonds is 13. The van der Waals surface area contributed by atoms with Crippen LogP contribution in [0.25, 0.3) is 0 Å². The number of ketones is 1. The fraction of sp³-hybridized carbons (Fsp3) is 0.433. The fourth-order valence-corrected chi connectivity index (χ4v) is 5.71. The van der Waals surface area contributed by atoms with Crippen molar-refractivity contribution >= 4 is 58.2 Å².